The van der Waals surface area contributed by atoms with Gasteiger partial charge >= 0.3 is 0 Å². The number of rotatable bonds is 5. The van der Waals surface area contributed by atoms with E-state index in [9.17, 15) is 13.2 Å². The molecule has 5 heteroatoms. The molecule has 0 aromatic heterocycles. The van der Waals surface area contributed by atoms with Crippen molar-refractivity contribution >= 4 is 15.7 Å². The van der Waals surface area contributed by atoms with Gasteiger partial charge in [-0.1, -0.05) is 13.8 Å². The van der Waals surface area contributed by atoms with Gasteiger partial charge in [-0.2, -0.15) is 0 Å². The maximum atomic E-state index is 11.0. The zero-order chi connectivity index (χ0) is 10.5. The van der Waals surface area contributed by atoms with Crippen LogP contribution < -0.4 is 5.32 Å². The number of sulfone groups is 1. The smallest absolute Gasteiger partial charge is 0.219 e. The van der Waals surface area contributed by atoms with Crippen LogP contribution >= 0.6 is 0 Å². The lowest BCUT2D eigenvalue weighted by atomic mass is 10.2. The summed E-state index contributed by atoms with van der Waals surface area (Å²) in [5.74, 6) is -0.0783. The van der Waals surface area contributed by atoms with Crippen LogP contribution in [0.1, 0.15) is 26.7 Å². The number of hydrogen-bond acceptors (Lipinski definition) is 3. The highest BCUT2D eigenvalue weighted by molar-refractivity contribution is 7.90. The molecule has 4 nitrogen and oxygen atoms in total. The quantitative estimate of drug-likeness (QED) is 0.707. The van der Waals surface area contributed by atoms with Crippen molar-refractivity contribution in [3.05, 3.63) is 0 Å². The average molecular weight is 207 g/mol. The van der Waals surface area contributed by atoms with E-state index < -0.39 is 9.84 Å². The van der Waals surface area contributed by atoms with Crippen molar-refractivity contribution < 1.29 is 13.2 Å². The van der Waals surface area contributed by atoms with E-state index in [-0.39, 0.29) is 17.7 Å². The second-order valence-corrected chi connectivity index (χ2v) is 5.30. The number of amides is 1. The minimum Gasteiger partial charge on any atom is -0.352 e. The van der Waals surface area contributed by atoms with Crippen molar-refractivity contribution in [2.75, 3.05) is 12.0 Å². The molecule has 1 N–H and O–H groups in total. The zero-order valence-corrected chi connectivity index (χ0v) is 9.15. The van der Waals surface area contributed by atoms with Gasteiger partial charge in [0, 0.05) is 18.7 Å². The normalized spacial score (nSPS) is 13.8. The van der Waals surface area contributed by atoms with E-state index in [1.165, 1.54) is 6.26 Å². The molecular weight excluding hydrogens is 190 g/mol. The van der Waals surface area contributed by atoms with E-state index in [2.05, 4.69) is 5.32 Å². The van der Waals surface area contributed by atoms with Crippen molar-refractivity contribution in [2.24, 2.45) is 0 Å². The Kier molecular flexibility index (Phi) is 4.98. The van der Waals surface area contributed by atoms with Gasteiger partial charge in [0.25, 0.3) is 0 Å². The lowest BCUT2D eigenvalue weighted by molar-refractivity contribution is -0.121. The molecule has 0 spiro atoms. The fourth-order valence-electron chi connectivity index (χ4n) is 0.957. The number of hydrogen-bond donors (Lipinski definition) is 1. The highest BCUT2D eigenvalue weighted by Crippen LogP contribution is 1.96. The molecule has 0 fully saturated rings. The van der Waals surface area contributed by atoms with Gasteiger partial charge in [-0.25, -0.2) is 8.42 Å². The summed E-state index contributed by atoms with van der Waals surface area (Å²) in [5, 5.41) is 2.65. The van der Waals surface area contributed by atoms with Crippen molar-refractivity contribution in [1.82, 2.24) is 5.32 Å². The van der Waals surface area contributed by atoms with E-state index in [0.717, 1.165) is 0 Å². The van der Waals surface area contributed by atoms with Gasteiger partial charge in [0.1, 0.15) is 9.84 Å². The molecule has 0 bridgehead atoms. The van der Waals surface area contributed by atoms with Crippen molar-refractivity contribution in [1.29, 1.82) is 0 Å². The first kappa shape index (κ1) is 12.4. The van der Waals surface area contributed by atoms with Gasteiger partial charge in [0.15, 0.2) is 0 Å². The summed E-state index contributed by atoms with van der Waals surface area (Å²) in [4.78, 5) is 11.0. The Bertz CT molecular complexity index is 259. The van der Waals surface area contributed by atoms with Gasteiger partial charge < -0.3 is 5.32 Å². The Morgan fingerprint density at radius 1 is 1.38 bits per heavy atom. The number of nitrogens with one attached hydrogen (secondary N) is 1. The molecule has 13 heavy (non-hydrogen) atoms. The molecule has 0 rings (SSSR count). The van der Waals surface area contributed by atoms with Crippen LogP contribution in [0.15, 0.2) is 0 Å². The van der Waals surface area contributed by atoms with Gasteiger partial charge in [0.2, 0.25) is 5.91 Å². The summed E-state index contributed by atoms with van der Waals surface area (Å²) in [5.41, 5.74) is 0. The van der Waals surface area contributed by atoms with Crippen LogP contribution in [0.25, 0.3) is 0 Å². The van der Waals surface area contributed by atoms with Crippen LogP contribution in [0.2, 0.25) is 0 Å². The molecule has 0 saturated heterocycles. The van der Waals surface area contributed by atoms with Gasteiger partial charge in [0.05, 0.1) is 5.75 Å². The number of carbonyl (C=O) groups excluding carboxylic acids is 1. The standard InChI is InChI=1S/C8H17NO3S/c1-4-7(6-13(3,11)12)9-8(10)5-2/h7H,4-6H2,1-3H3,(H,9,10). The highest BCUT2D eigenvalue weighted by atomic mass is 32.2. The minimum atomic E-state index is -3.00. The molecule has 78 valence electrons. The fourth-order valence-corrected chi connectivity index (χ4v) is 2.01. The third kappa shape index (κ3) is 6.57. The molecule has 0 aliphatic carbocycles. The van der Waals surface area contributed by atoms with E-state index in [1.807, 2.05) is 6.92 Å². The predicted octanol–water partition coefficient (Wildman–Crippen LogP) is 0.336. The molecule has 0 aromatic rings. The van der Waals surface area contributed by atoms with Crippen LogP contribution in [0, 0.1) is 0 Å². The minimum absolute atomic E-state index is 0.0231. The topological polar surface area (TPSA) is 63.2 Å². The third-order valence-electron chi connectivity index (χ3n) is 1.68. The summed E-state index contributed by atoms with van der Waals surface area (Å²) >= 11 is 0. The van der Waals surface area contributed by atoms with Crippen LogP contribution in [-0.4, -0.2) is 32.4 Å². The molecule has 1 atom stereocenters. The monoisotopic (exact) mass is 207 g/mol. The van der Waals surface area contributed by atoms with Crippen LogP contribution in [-0.2, 0) is 14.6 Å². The lowest BCUT2D eigenvalue weighted by Crippen LogP contribution is -2.38. The lowest BCUT2D eigenvalue weighted by Gasteiger charge is -2.14. The Hall–Kier alpha value is -0.580. The molecule has 0 heterocycles. The molecule has 1 amide bonds. The van der Waals surface area contributed by atoms with Gasteiger partial charge in [-0.15, -0.1) is 0 Å². The first-order chi connectivity index (χ1) is 5.89. The largest absolute Gasteiger partial charge is 0.352 e. The van der Waals surface area contributed by atoms with Gasteiger partial charge in [-0.05, 0) is 6.42 Å². The SMILES string of the molecule is CCC(=O)NC(CC)CS(C)(=O)=O. The molecule has 0 saturated carbocycles. The fraction of sp³-hybridized carbons (Fsp3) is 0.875. The van der Waals surface area contributed by atoms with Crippen LogP contribution in [0.5, 0.6) is 0 Å². The second kappa shape index (κ2) is 5.21. The molecule has 0 aliphatic heterocycles. The van der Waals surface area contributed by atoms with Crippen LogP contribution in [0.4, 0.5) is 0 Å². The summed E-state index contributed by atoms with van der Waals surface area (Å²) in [6.07, 6.45) is 2.20. The maximum Gasteiger partial charge on any atom is 0.219 e. The zero-order valence-electron chi connectivity index (χ0n) is 8.33. The predicted molar refractivity (Wildman–Crippen MR) is 52.2 cm³/mol. The summed E-state index contributed by atoms with van der Waals surface area (Å²) < 4.78 is 21.8. The summed E-state index contributed by atoms with van der Waals surface area (Å²) in [7, 11) is -3.00. The molecular formula is C8H17NO3S. The van der Waals surface area contributed by atoms with E-state index in [1.54, 1.807) is 6.92 Å². The Balaban J connectivity index is 4.13. The molecule has 0 aliphatic rings. The highest BCUT2D eigenvalue weighted by Gasteiger charge is 2.14. The summed E-state index contributed by atoms with van der Waals surface area (Å²) in [6.45, 7) is 3.59. The Morgan fingerprint density at radius 2 is 1.92 bits per heavy atom. The van der Waals surface area contributed by atoms with Crippen molar-refractivity contribution in [2.45, 2.75) is 32.7 Å². The maximum absolute atomic E-state index is 11.0. The molecule has 0 radical (unpaired) electrons. The number of carbonyl (C=O) groups is 1. The second-order valence-electron chi connectivity index (χ2n) is 3.12. The van der Waals surface area contributed by atoms with E-state index in [0.29, 0.717) is 12.8 Å². The first-order valence-electron chi connectivity index (χ1n) is 4.36. The first-order valence-corrected chi connectivity index (χ1v) is 6.42. The Labute approximate surface area is 79.6 Å². The molecule has 0 aromatic carbocycles. The molecule has 1 unspecified atom stereocenters. The van der Waals surface area contributed by atoms with Gasteiger partial charge in [-0.3, -0.25) is 4.79 Å². The van der Waals surface area contributed by atoms with E-state index in [4.69, 9.17) is 0 Å². The third-order valence-corrected chi connectivity index (χ3v) is 2.69. The van der Waals surface area contributed by atoms with E-state index >= 15 is 0 Å². The summed E-state index contributed by atoms with van der Waals surface area (Å²) in [6, 6.07) is -0.248. The Morgan fingerprint density at radius 3 is 2.23 bits per heavy atom. The average Bonchev–Trinajstić information content (AvgIpc) is 2.00. The van der Waals surface area contributed by atoms with Crippen molar-refractivity contribution in [3.63, 3.8) is 0 Å². The van der Waals surface area contributed by atoms with Crippen molar-refractivity contribution in [3.8, 4) is 0 Å². The van der Waals surface area contributed by atoms with Crippen LogP contribution in [0.3, 0.4) is 0 Å².